The molecular formula is C15H20N2O3S. The minimum atomic E-state index is -3.55. The summed E-state index contributed by atoms with van der Waals surface area (Å²) in [6.45, 7) is 4.72. The molecule has 0 N–H and O–H groups in total. The molecule has 1 aromatic rings. The van der Waals surface area contributed by atoms with E-state index in [9.17, 15) is 8.42 Å². The summed E-state index contributed by atoms with van der Waals surface area (Å²) >= 11 is 0. The van der Waals surface area contributed by atoms with Crippen molar-refractivity contribution in [3.63, 3.8) is 0 Å². The highest BCUT2D eigenvalue weighted by Gasteiger charge is 2.31. The van der Waals surface area contributed by atoms with Crippen LogP contribution in [-0.4, -0.2) is 31.9 Å². The van der Waals surface area contributed by atoms with Crippen molar-refractivity contribution < 1.29 is 13.2 Å². The van der Waals surface area contributed by atoms with Gasteiger partial charge in [-0.3, -0.25) is 0 Å². The number of hydrogen-bond acceptors (Lipinski definition) is 4. The lowest BCUT2D eigenvalue weighted by Gasteiger charge is -2.32. The third-order valence-corrected chi connectivity index (χ3v) is 5.73. The van der Waals surface area contributed by atoms with Gasteiger partial charge in [-0.25, -0.2) is 8.42 Å². The number of piperidine rings is 1. The van der Waals surface area contributed by atoms with Gasteiger partial charge >= 0.3 is 0 Å². The highest BCUT2D eigenvalue weighted by atomic mass is 32.2. The molecule has 1 unspecified atom stereocenters. The molecule has 0 saturated carbocycles. The second-order valence-corrected chi connectivity index (χ2v) is 7.05. The van der Waals surface area contributed by atoms with Crippen molar-refractivity contribution in [3.8, 4) is 11.8 Å². The molecule has 5 nitrogen and oxygen atoms in total. The zero-order valence-corrected chi connectivity index (χ0v) is 13.2. The fourth-order valence-electron chi connectivity index (χ4n) is 2.60. The van der Waals surface area contributed by atoms with Crippen LogP contribution in [0.5, 0.6) is 5.75 Å². The third-order valence-electron chi connectivity index (χ3n) is 3.72. The summed E-state index contributed by atoms with van der Waals surface area (Å²) < 4.78 is 32.3. The minimum Gasteiger partial charge on any atom is -0.492 e. The maximum Gasteiger partial charge on any atom is 0.243 e. The number of nitrogens with zero attached hydrogens (tertiary/aromatic N) is 2. The Morgan fingerprint density at radius 2 is 2.19 bits per heavy atom. The summed E-state index contributed by atoms with van der Waals surface area (Å²) in [6.07, 6.45) is 2.81. The molecule has 1 atom stereocenters. The zero-order chi connectivity index (χ0) is 15.5. The summed E-state index contributed by atoms with van der Waals surface area (Å²) in [6, 6.07) is 6.48. The van der Waals surface area contributed by atoms with Gasteiger partial charge in [-0.1, -0.05) is 6.42 Å². The van der Waals surface area contributed by atoms with E-state index < -0.39 is 10.0 Å². The molecule has 21 heavy (non-hydrogen) atoms. The molecule has 0 radical (unpaired) electrons. The Bertz CT molecular complexity index is 649. The molecule has 1 fully saturated rings. The van der Waals surface area contributed by atoms with Gasteiger partial charge < -0.3 is 4.74 Å². The number of sulfonamides is 1. The van der Waals surface area contributed by atoms with Crippen LogP contribution in [0.25, 0.3) is 0 Å². The molecule has 0 amide bonds. The van der Waals surface area contributed by atoms with E-state index in [2.05, 4.69) is 0 Å². The van der Waals surface area contributed by atoms with Gasteiger partial charge in [-0.15, -0.1) is 0 Å². The quantitative estimate of drug-likeness (QED) is 0.857. The highest BCUT2D eigenvalue weighted by molar-refractivity contribution is 7.89. The zero-order valence-electron chi connectivity index (χ0n) is 12.4. The lowest BCUT2D eigenvalue weighted by Crippen LogP contribution is -2.41. The summed E-state index contributed by atoms with van der Waals surface area (Å²) in [5.74, 6) is 0.422. The number of rotatable bonds is 4. The topological polar surface area (TPSA) is 70.4 Å². The Hall–Kier alpha value is -1.58. The van der Waals surface area contributed by atoms with Crippen LogP contribution >= 0.6 is 0 Å². The first kappa shape index (κ1) is 15.8. The van der Waals surface area contributed by atoms with E-state index >= 15 is 0 Å². The molecule has 1 aliphatic heterocycles. The Morgan fingerprint density at radius 1 is 1.43 bits per heavy atom. The van der Waals surface area contributed by atoms with Crippen LogP contribution in [0.1, 0.15) is 38.7 Å². The Balaban J connectivity index is 2.38. The highest BCUT2D eigenvalue weighted by Crippen LogP contribution is 2.28. The lowest BCUT2D eigenvalue weighted by atomic mass is 10.1. The van der Waals surface area contributed by atoms with Crippen LogP contribution in [0.15, 0.2) is 23.1 Å². The first-order valence-corrected chi connectivity index (χ1v) is 8.63. The number of nitriles is 1. The minimum absolute atomic E-state index is 0.000791. The van der Waals surface area contributed by atoms with Crippen LogP contribution in [0.3, 0.4) is 0 Å². The van der Waals surface area contributed by atoms with Gasteiger partial charge in [0.05, 0.1) is 17.1 Å². The standard InChI is InChI=1S/C15H20N2O3S/c1-3-20-15-8-7-14(10-13(15)11-16)21(18,19)17-9-5-4-6-12(17)2/h7-8,10,12H,3-6,9H2,1-2H3. The van der Waals surface area contributed by atoms with Crippen molar-refractivity contribution in [2.45, 2.75) is 44.0 Å². The second-order valence-electron chi connectivity index (χ2n) is 5.16. The molecule has 0 aromatic heterocycles. The molecule has 1 aromatic carbocycles. The maximum absolute atomic E-state index is 12.7. The molecule has 0 bridgehead atoms. The summed E-state index contributed by atoms with van der Waals surface area (Å²) in [4.78, 5) is 0.163. The predicted molar refractivity (Wildman–Crippen MR) is 79.5 cm³/mol. The van der Waals surface area contributed by atoms with Gasteiger partial charge in [0.1, 0.15) is 11.8 Å². The van der Waals surface area contributed by atoms with E-state index in [0.29, 0.717) is 18.9 Å². The van der Waals surface area contributed by atoms with Gasteiger partial charge in [0.2, 0.25) is 10.0 Å². The van der Waals surface area contributed by atoms with Crippen molar-refractivity contribution in [1.82, 2.24) is 4.31 Å². The number of ether oxygens (including phenoxy) is 1. The van der Waals surface area contributed by atoms with Crippen molar-refractivity contribution >= 4 is 10.0 Å². The lowest BCUT2D eigenvalue weighted by molar-refractivity contribution is 0.268. The van der Waals surface area contributed by atoms with E-state index in [1.54, 1.807) is 6.07 Å². The molecule has 1 aliphatic rings. The predicted octanol–water partition coefficient (Wildman–Crippen LogP) is 2.52. The van der Waals surface area contributed by atoms with Gasteiger partial charge in [0, 0.05) is 12.6 Å². The molecule has 0 aliphatic carbocycles. The SMILES string of the molecule is CCOc1ccc(S(=O)(=O)N2CCCCC2C)cc1C#N. The molecule has 1 heterocycles. The summed E-state index contributed by atoms with van der Waals surface area (Å²) in [5, 5.41) is 9.16. The van der Waals surface area contributed by atoms with Crippen LogP contribution in [0.4, 0.5) is 0 Å². The monoisotopic (exact) mass is 308 g/mol. The van der Waals surface area contributed by atoms with E-state index in [-0.39, 0.29) is 16.5 Å². The average molecular weight is 308 g/mol. The van der Waals surface area contributed by atoms with Crippen LogP contribution in [0.2, 0.25) is 0 Å². The molecule has 0 spiro atoms. The second kappa shape index (κ2) is 6.46. The third kappa shape index (κ3) is 3.20. The van der Waals surface area contributed by atoms with E-state index in [0.717, 1.165) is 19.3 Å². The van der Waals surface area contributed by atoms with Gasteiger partial charge in [-0.05, 0) is 44.9 Å². The largest absolute Gasteiger partial charge is 0.492 e. The normalized spacial score (nSPS) is 20.0. The van der Waals surface area contributed by atoms with Crippen molar-refractivity contribution in [1.29, 1.82) is 5.26 Å². The Labute approximate surface area is 126 Å². The average Bonchev–Trinajstić information content (AvgIpc) is 2.48. The molecular weight excluding hydrogens is 288 g/mol. The molecule has 1 saturated heterocycles. The molecule has 2 rings (SSSR count). The fourth-order valence-corrected chi connectivity index (χ4v) is 4.33. The number of benzene rings is 1. The van der Waals surface area contributed by atoms with Crippen molar-refractivity contribution in [2.75, 3.05) is 13.2 Å². The summed E-state index contributed by atoms with van der Waals surface area (Å²) in [5.41, 5.74) is 0.252. The summed E-state index contributed by atoms with van der Waals surface area (Å²) in [7, 11) is -3.55. The van der Waals surface area contributed by atoms with Crippen molar-refractivity contribution in [2.24, 2.45) is 0 Å². The Morgan fingerprint density at radius 3 is 2.81 bits per heavy atom. The van der Waals surface area contributed by atoms with Gasteiger partial charge in [-0.2, -0.15) is 9.57 Å². The number of hydrogen-bond donors (Lipinski definition) is 0. The van der Waals surface area contributed by atoms with E-state index in [1.807, 2.05) is 19.9 Å². The first-order chi connectivity index (χ1) is 10.0. The van der Waals surface area contributed by atoms with Crippen molar-refractivity contribution in [3.05, 3.63) is 23.8 Å². The smallest absolute Gasteiger partial charge is 0.243 e. The van der Waals surface area contributed by atoms with E-state index in [4.69, 9.17) is 10.00 Å². The van der Waals surface area contributed by atoms with Gasteiger partial charge in [0.15, 0.2) is 0 Å². The van der Waals surface area contributed by atoms with E-state index in [1.165, 1.54) is 16.4 Å². The first-order valence-electron chi connectivity index (χ1n) is 7.19. The van der Waals surface area contributed by atoms with Crippen LogP contribution < -0.4 is 4.74 Å². The molecule has 114 valence electrons. The van der Waals surface area contributed by atoms with Crippen LogP contribution in [0, 0.1) is 11.3 Å². The Kier molecular flexibility index (Phi) is 4.86. The maximum atomic E-state index is 12.7. The molecule has 6 heteroatoms. The fraction of sp³-hybridized carbons (Fsp3) is 0.533. The van der Waals surface area contributed by atoms with Gasteiger partial charge in [0.25, 0.3) is 0 Å². The van der Waals surface area contributed by atoms with Crippen LogP contribution in [-0.2, 0) is 10.0 Å².